The number of ether oxygens (including phenoxy) is 1. The first-order chi connectivity index (χ1) is 11.0. The fourth-order valence-electron chi connectivity index (χ4n) is 3.21. The molecular weight excluding hydrogens is 316 g/mol. The molecule has 1 aromatic heterocycles. The van der Waals surface area contributed by atoms with Crippen molar-refractivity contribution in [1.82, 2.24) is 19.6 Å². The second-order valence-electron chi connectivity index (χ2n) is 5.96. The highest BCUT2D eigenvalue weighted by atomic mass is 32.2. The summed E-state index contributed by atoms with van der Waals surface area (Å²) in [7, 11) is 1.90. The van der Waals surface area contributed by atoms with Crippen LogP contribution in [-0.2, 0) is 21.4 Å². The average Bonchev–Trinajstić information content (AvgIpc) is 3.03. The van der Waals surface area contributed by atoms with Crippen LogP contribution in [-0.4, -0.2) is 69.3 Å². The van der Waals surface area contributed by atoms with Gasteiger partial charge in [-0.1, -0.05) is 0 Å². The number of thioether (sulfide) groups is 1. The summed E-state index contributed by atoms with van der Waals surface area (Å²) in [5.41, 5.74) is 3.03. The molecule has 0 spiro atoms. The molecule has 1 unspecified atom stereocenters. The number of morpholine rings is 1. The minimum absolute atomic E-state index is 0.0168. The summed E-state index contributed by atoms with van der Waals surface area (Å²) in [6, 6.07) is -0.129. The normalized spacial score (nSPS) is 22.0. The molecule has 126 valence electrons. The van der Waals surface area contributed by atoms with Crippen LogP contribution >= 0.6 is 11.8 Å². The van der Waals surface area contributed by atoms with Crippen molar-refractivity contribution in [2.75, 3.05) is 37.9 Å². The van der Waals surface area contributed by atoms with Crippen LogP contribution in [0.2, 0.25) is 0 Å². The van der Waals surface area contributed by atoms with E-state index in [1.165, 1.54) is 0 Å². The van der Waals surface area contributed by atoms with Crippen molar-refractivity contribution >= 4 is 23.6 Å². The molecule has 1 atom stereocenters. The lowest BCUT2D eigenvalue weighted by Crippen LogP contribution is -2.48. The zero-order valence-electron chi connectivity index (χ0n) is 13.7. The quantitative estimate of drug-likeness (QED) is 0.801. The summed E-state index contributed by atoms with van der Waals surface area (Å²) in [5.74, 6) is 1.10. The molecule has 7 nitrogen and oxygen atoms in total. The summed E-state index contributed by atoms with van der Waals surface area (Å²) in [5, 5.41) is 4.45. The second-order valence-corrected chi connectivity index (χ2v) is 6.91. The Kier molecular flexibility index (Phi) is 4.63. The first-order valence-electron chi connectivity index (χ1n) is 7.72. The van der Waals surface area contributed by atoms with E-state index >= 15 is 0 Å². The predicted molar refractivity (Wildman–Crippen MR) is 87.0 cm³/mol. The number of aromatic nitrogens is 2. The van der Waals surface area contributed by atoms with Gasteiger partial charge in [0.15, 0.2) is 0 Å². The lowest BCUT2D eigenvalue weighted by Gasteiger charge is -2.36. The molecule has 2 fully saturated rings. The monoisotopic (exact) mass is 338 g/mol. The Morgan fingerprint density at radius 2 is 2.22 bits per heavy atom. The van der Waals surface area contributed by atoms with E-state index in [1.54, 1.807) is 16.7 Å². The van der Waals surface area contributed by atoms with Crippen molar-refractivity contribution in [2.45, 2.75) is 19.9 Å². The number of rotatable bonds is 3. The van der Waals surface area contributed by atoms with Gasteiger partial charge in [0.1, 0.15) is 6.54 Å². The number of aryl methyl sites for hydroxylation is 2. The van der Waals surface area contributed by atoms with Gasteiger partial charge in [-0.3, -0.25) is 14.3 Å². The molecule has 3 rings (SSSR count). The van der Waals surface area contributed by atoms with Crippen molar-refractivity contribution in [1.29, 1.82) is 0 Å². The van der Waals surface area contributed by atoms with Gasteiger partial charge in [0.25, 0.3) is 0 Å². The van der Waals surface area contributed by atoms with Crippen LogP contribution in [0.1, 0.15) is 23.0 Å². The van der Waals surface area contributed by atoms with Crippen LogP contribution in [0.4, 0.5) is 0 Å². The molecular formula is C15H22N4O3S. The Hall–Kier alpha value is -1.54. The van der Waals surface area contributed by atoms with E-state index in [-0.39, 0.29) is 24.4 Å². The third-order valence-electron chi connectivity index (χ3n) is 4.50. The third kappa shape index (κ3) is 3.10. The smallest absolute Gasteiger partial charge is 0.242 e. The van der Waals surface area contributed by atoms with Gasteiger partial charge < -0.3 is 14.5 Å². The lowest BCUT2D eigenvalue weighted by molar-refractivity contribution is -0.144. The minimum Gasteiger partial charge on any atom is -0.377 e. The molecule has 0 aromatic carbocycles. The molecule has 0 bridgehead atoms. The summed E-state index contributed by atoms with van der Waals surface area (Å²) in [6.07, 6.45) is 0. The van der Waals surface area contributed by atoms with E-state index in [2.05, 4.69) is 5.10 Å². The molecule has 23 heavy (non-hydrogen) atoms. The van der Waals surface area contributed by atoms with Crippen LogP contribution in [0.3, 0.4) is 0 Å². The average molecular weight is 338 g/mol. The van der Waals surface area contributed by atoms with Crippen molar-refractivity contribution in [3.05, 3.63) is 17.0 Å². The molecule has 2 aliphatic heterocycles. The highest BCUT2D eigenvalue weighted by Gasteiger charge is 2.34. The maximum absolute atomic E-state index is 12.8. The van der Waals surface area contributed by atoms with Gasteiger partial charge in [0, 0.05) is 24.8 Å². The van der Waals surface area contributed by atoms with E-state index in [0.717, 1.165) is 17.0 Å². The van der Waals surface area contributed by atoms with E-state index in [0.29, 0.717) is 31.4 Å². The number of amides is 2. The molecule has 2 amide bonds. The zero-order chi connectivity index (χ0) is 16.6. The van der Waals surface area contributed by atoms with Crippen LogP contribution in [0.5, 0.6) is 0 Å². The Bertz CT molecular complexity index is 630. The van der Waals surface area contributed by atoms with Crippen LogP contribution < -0.4 is 0 Å². The molecule has 3 heterocycles. The largest absolute Gasteiger partial charge is 0.377 e. The molecule has 0 radical (unpaired) electrons. The van der Waals surface area contributed by atoms with Gasteiger partial charge in [-0.05, 0) is 13.8 Å². The Morgan fingerprint density at radius 1 is 1.43 bits per heavy atom. The fourth-order valence-corrected chi connectivity index (χ4v) is 4.11. The zero-order valence-corrected chi connectivity index (χ0v) is 14.6. The first kappa shape index (κ1) is 16.3. The number of carbonyl (C=O) groups excluding carboxylic acids is 2. The van der Waals surface area contributed by atoms with Crippen molar-refractivity contribution in [3.8, 4) is 0 Å². The molecule has 2 saturated heterocycles. The van der Waals surface area contributed by atoms with E-state index in [4.69, 9.17) is 4.74 Å². The molecule has 2 aliphatic rings. The number of hydrogen-bond acceptors (Lipinski definition) is 5. The van der Waals surface area contributed by atoms with Gasteiger partial charge in [0.2, 0.25) is 11.8 Å². The van der Waals surface area contributed by atoms with Crippen molar-refractivity contribution in [3.63, 3.8) is 0 Å². The van der Waals surface area contributed by atoms with Gasteiger partial charge in [-0.2, -0.15) is 5.10 Å². The Labute approximate surface area is 139 Å². The highest BCUT2D eigenvalue weighted by Crippen LogP contribution is 2.29. The molecule has 0 saturated carbocycles. The van der Waals surface area contributed by atoms with E-state index in [1.807, 2.05) is 30.5 Å². The standard InChI is InChI=1S/C15H22N4O3S/c1-10-15(11(2)17(3)16-10)12-7-22-5-4-19(12)13(20)6-18-9-23-8-14(18)21/h12H,4-9H2,1-3H3. The summed E-state index contributed by atoms with van der Waals surface area (Å²) in [4.78, 5) is 28.0. The SMILES string of the molecule is Cc1nn(C)c(C)c1C1COCCN1C(=O)CN1CSCC1=O. The van der Waals surface area contributed by atoms with Crippen LogP contribution in [0.15, 0.2) is 0 Å². The predicted octanol–water partition coefficient (Wildman–Crippen LogP) is 0.470. The first-order valence-corrected chi connectivity index (χ1v) is 8.87. The number of hydrogen-bond donors (Lipinski definition) is 0. The fraction of sp³-hybridized carbons (Fsp3) is 0.667. The molecule has 0 aliphatic carbocycles. The second kappa shape index (κ2) is 6.52. The Balaban J connectivity index is 1.81. The van der Waals surface area contributed by atoms with Crippen molar-refractivity contribution < 1.29 is 14.3 Å². The maximum atomic E-state index is 12.8. The van der Waals surface area contributed by atoms with Crippen LogP contribution in [0, 0.1) is 13.8 Å². The van der Waals surface area contributed by atoms with Crippen molar-refractivity contribution in [2.24, 2.45) is 7.05 Å². The molecule has 1 aromatic rings. The van der Waals surface area contributed by atoms with Crippen LogP contribution in [0.25, 0.3) is 0 Å². The van der Waals surface area contributed by atoms with Gasteiger partial charge in [0.05, 0.1) is 36.6 Å². The topological polar surface area (TPSA) is 67.7 Å². The van der Waals surface area contributed by atoms with Gasteiger partial charge in [-0.25, -0.2) is 0 Å². The summed E-state index contributed by atoms with van der Waals surface area (Å²) in [6.45, 7) is 5.67. The molecule has 0 N–H and O–H groups in total. The summed E-state index contributed by atoms with van der Waals surface area (Å²) >= 11 is 1.55. The summed E-state index contributed by atoms with van der Waals surface area (Å²) < 4.78 is 7.45. The Morgan fingerprint density at radius 3 is 2.83 bits per heavy atom. The van der Waals surface area contributed by atoms with E-state index < -0.39 is 0 Å². The van der Waals surface area contributed by atoms with E-state index in [9.17, 15) is 9.59 Å². The maximum Gasteiger partial charge on any atom is 0.242 e. The minimum atomic E-state index is -0.129. The lowest BCUT2D eigenvalue weighted by atomic mass is 10.0. The van der Waals surface area contributed by atoms with Gasteiger partial charge in [-0.15, -0.1) is 11.8 Å². The van der Waals surface area contributed by atoms with Gasteiger partial charge >= 0.3 is 0 Å². The molecule has 8 heteroatoms. The number of nitrogens with zero attached hydrogens (tertiary/aromatic N) is 4. The number of carbonyl (C=O) groups is 2. The third-order valence-corrected chi connectivity index (χ3v) is 5.44. The highest BCUT2D eigenvalue weighted by molar-refractivity contribution is 8.00.